The van der Waals surface area contributed by atoms with Crippen molar-refractivity contribution in [2.24, 2.45) is 0 Å². The molecule has 5 heteroatoms. The second kappa shape index (κ2) is 6.37. The fourth-order valence-corrected chi connectivity index (χ4v) is 2.03. The highest BCUT2D eigenvalue weighted by Gasteiger charge is 2.06. The first-order chi connectivity index (χ1) is 9.97. The Hall–Kier alpha value is -2.40. The van der Waals surface area contributed by atoms with E-state index in [4.69, 9.17) is 5.11 Å². The molecule has 1 heterocycles. The number of pyridine rings is 1. The first-order valence-electron chi connectivity index (χ1n) is 6.67. The molecule has 0 aliphatic rings. The van der Waals surface area contributed by atoms with E-state index in [1.165, 1.54) is 0 Å². The number of hydrogen-bond acceptors (Lipinski definition) is 3. The summed E-state index contributed by atoms with van der Waals surface area (Å²) in [5, 5.41) is 8.90. The maximum Gasteiger partial charge on any atom is 0.335 e. The second-order valence-electron chi connectivity index (χ2n) is 5.18. The fraction of sp³-hybridized carbons (Fsp3) is 0.250. The van der Waals surface area contributed by atoms with Gasteiger partial charge in [0.1, 0.15) is 0 Å². The van der Waals surface area contributed by atoms with Crippen molar-refractivity contribution in [3.63, 3.8) is 0 Å². The molecule has 0 aliphatic heterocycles. The van der Waals surface area contributed by atoms with E-state index in [0.717, 1.165) is 23.2 Å². The molecule has 0 unspecified atom stereocenters. The minimum atomic E-state index is -0.949. The van der Waals surface area contributed by atoms with Crippen LogP contribution in [0.25, 0.3) is 11.1 Å². The summed E-state index contributed by atoms with van der Waals surface area (Å²) < 4.78 is 0. The number of H-pyrrole nitrogens is 1. The third-order valence-corrected chi connectivity index (χ3v) is 3.27. The van der Waals surface area contributed by atoms with Gasteiger partial charge in [-0.2, -0.15) is 0 Å². The second-order valence-corrected chi connectivity index (χ2v) is 5.18. The SMILES string of the molecule is CN(C)CCc1cc(-c2ccc(C(=O)O)cc2)c[nH]c1=O. The zero-order valence-electron chi connectivity index (χ0n) is 12.1. The molecule has 2 rings (SSSR count). The van der Waals surface area contributed by atoms with Crippen LogP contribution >= 0.6 is 0 Å². The van der Waals surface area contributed by atoms with Gasteiger partial charge in [-0.15, -0.1) is 0 Å². The average molecular weight is 286 g/mol. The number of carboxylic acid groups (broad SMARTS) is 1. The Morgan fingerprint density at radius 1 is 1.19 bits per heavy atom. The number of carbonyl (C=O) groups is 1. The van der Waals surface area contributed by atoms with Crippen LogP contribution in [0.15, 0.2) is 41.3 Å². The highest BCUT2D eigenvalue weighted by molar-refractivity contribution is 5.88. The van der Waals surface area contributed by atoms with Crippen molar-refractivity contribution in [3.05, 3.63) is 58.0 Å². The van der Waals surface area contributed by atoms with Gasteiger partial charge in [-0.25, -0.2) is 4.79 Å². The van der Waals surface area contributed by atoms with E-state index in [2.05, 4.69) is 4.98 Å². The standard InChI is InChI=1S/C16H18N2O3/c1-18(2)8-7-13-9-14(10-17-15(13)19)11-3-5-12(6-4-11)16(20)21/h3-6,9-10H,7-8H2,1-2H3,(H,17,19)(H,20,21). The van der Waals surface area contributed by atoms with Gasteiger partial charge in [0.2, 0.25) is 0 Å². The Morgan fingerprint density at radius 2 is 1.86 bits per heavy atom. The number of aromatic nitrogens is 1. The molecule has 0 atom stereocenters. The van der Waals surface area contributed by atoms with E-state index in [1.54, 1.807) is 30.5 Å². The Labute approximate surface area is 122 Å². The molecular formula is C16H18N2O3. The molecule has 2 N–H and O–H groups in total. The van der Waals surface area contributed by atoms with E-state index in [1.807, 2.05) is 25.1 Å². The summed E-state index contributed by atoms with van der Waals surface area (Å²) in [5.74, 6) is -0.949. The Bertz CT molecular complexity index is 687. The molecule has 110 valence electrons. The van der Waals surface area contributed by atoms with E-state index in [0.29, 0.717) is 6.42 Å². The molecule has 0 spiro atoms. The van der Waals surface area contributed by atoms with Crippen LogP contribution in [0.2, 0.25) is 0 Å². The zero-order chi connectivity index (χ0) is 15.4. The van der Waals surface area contributed by atoms with Crippen molar-refractivity contribution >= 4 is 5.97 Å². The minimum Gasteiger partial charge on any atom is -0.478 e. The molecule has 0 bridgehead atoms. The monoisotopic (exact) mass is 286 g/mol. The van der Waals surface area contributed by atoms with Gasteiger partial charge < -0.3 is 15.0 Å². The topological polar surface area (TPSA) is 73.4 Å². The Balaban J connectivity index is 2.29. The number of likely N-dealkylation sites (N-methyl/N-ethyl adjacent to an activating group) is 1. The number of benzene rings is 1. The van der Waals surface area contributed by atoms with E-state index in [9.17, 15) is 9.59 Å². The van der Waals surface area contributed by atoms with Gasteiger partial charge in [0, 0.05) is 18.3 Å². The smallest absolute Gasteiger partial charge is 0.335 e. The molecule has 2 aromatic rings. The van der Waals surface area contributed by atoms with E-state index < -0.39 is 5.97 Å². The molecule has 0 fully saturated rings. The van der Waals surface area contributed by atoms with Gasteiger partial charge in [-0.1, -0.05) is 12.1 Å². The first kappa shape index (κ1) is 15.0. The van der Waals surface area contributed by atoms with Crippen LogP contribution in [-0.2, 0) is 6.42 Å². The van der Waals surface area contributed by atoms with Crippen LogP contribution in [0.1, 0.15) is 15.9 Å². The molecule has 0 amide bonds. The van der Waals surface area contributed by atoms with Gasteiger partial charge in [0.05, 0.1) is 5.56 Å². The van der Waals surface area contributed by atoms with Crippen LogP contribution in [0, 0.1) is 0 Å². The number of nitrogens with zero attached hydrogens (tertiary/aromatic N) is 1. The van der Waals surface area contributed by atoms with Gasteiger partial charge in [-0.3, -0.25) is 4.79 Å². The Morgan fingerprint density at radius 3 is 2.43 bits per heavy atom. The third-order valence-electron chi connectivity index (χ3n) is 3.27. The Kier molecular flexibility index (Phi) is 4.55. The van der Waals surface area contributed by atoms with Crippen molar-refractivity contribution in [3.8, 4) is 11.1 Å². The number of aromatic carboxylic acids is 1. The minimum absolute atomic E-state index is 0.0808. The highest BCUT2D eigenvalue weighted by atomic mass is 16.4. The zero-order valence-corrected chi connectivity index (χ0v) is 12.1. The fourth-order valence-electron chi connectivity index (χ4n) is 2.03. The third kappa shape index (κ3) is 3.79. The van der Waals surface area contributed by atoms with Gasteiger partial charge in [0.15, 0.2) is 0 Å². The van der Waals surface area contributed by atoms with Crippen molar-refractivity contribution in [1.82, 2.24) is 9.88 Å². The van der Waals surface area contributed by atoms with Crippen molar-refractivity contribution < 1.29 is 9.90 Å². The lowest BCUT2D eigenvalue weighted by Crippen LogP contribution is -2.20. The van der Waals surface area contributed by atoms with Gasteiger partial charge in [0.25, 0.3) is 5.56 Å². The van der Waals surface area contributed by atoms with Crippen molar-refractivity contribution in [2.45, 2.75) is 6.42 Å². The van der Waals surface area contributed by atoms with Crippen molar-refractivity contribution in [1.29, 1.82) is 0 Å². The summed E-state index contributed by atoms with van der Waals surface area (Å²) in [6, 6.07) is 8.46. The van der Waals surface area contributed by atoms with E-state index >= 15 is 0 Å². The molecule has 1 aromatic carbocycles. The lowest BCUT2D eigenvalue weighted by Gasteiger charge is -2.09. The highest BCUT2D eigenvalue weighted by Crippen LogP contribution is 2.19. The molecule has 0 saturated heterocycles. The van der Waals surface area contributed by atoms with Crippen molar-refractivity contribution in [2.75, 3.05) is 20.6 Å². The summed E-state index contributed by atoms with van der Waals surface area (Å²) in [7, 11) is 3.92. The number of hydrogen-bond donors (Lipinski definition) is 2. The predicted octanol–water partition coefficient (Wildman–Crippen LogP) is 1.84. The normalized spacial score (nSPS) is 10.8. The number of rotatable bonds is 5. The van der Waals surface area contributed by atoms with E-state index in [-0.39, 0.29) is 11.1 Å². The molecule has 0 radical (unpaired) electrons. The first-order valence-corrected chi connectivity index (χ1v) is 6.67. The van der Waals surface area contributed by atoms with Crippen LogP contribution in [-0.4, -0.2) is 41.6 Å². The molecule has 0 aliphatic carbocycles. The van der Waals surface area contributed by atoms with Crippen LogP contribution < -0.4 is 5.56 Å². The summed E-state index contributed by atoms with van der Waals surface area (Å²) in [6.07, 6.45) is 2.32. The molecule has 0 saturated carbocycles. The molecular weight excluding hydrogens is 268 g/mol. The van der Waals surface area contributed by atoms with Crippen LogP contribution in [0.4, 0.5) is 0 Å². The predicted molar refractivity (Wildman–Crippen MR) is 81.7 cm³/mol. The quantitative estimate of drug-likeness (QED) is 0.879. The number of carboxylic acids is 1. The van der Waals surface area contributed by atoms with Gasteiger partial charge in [-0.05, 0) is 49.8 Å². The molecule has 1 aromatic heterocycles. The number of nitrogens with one attached hydrogen (secondary N) is 1. The number of aromatic amines is 1. The largest absolute Gasteiger partial charge is 0.478 e. The summed E-state index contributed by atoms with van der Waals surface area (Å²) >= 11 is 0. The summed E-state index contributed by atoms with van der Waals surface area (Å²) in [4.78, 5) is 27.4. The van der Waals surface area contributed by atoms with Gasteiger partial charge >= 0.3 is 5.97 Å². The lowest BCUT2D eigenvalue weighted by atomic mass is 10.0. The van der Waals surface area contributed by atoms with Crippen LogP contribution in [0.3, 0.4) is 0 Å². The maximum atomic E-state index is 11.8. The summed E-state index contributed by atoms with van der Waals surface area (Å²) in [5.41, 5.74) is 2.64. The maximum absolute atomic E-state index is 11.8. The molecule has 5 nitrogen and oxygen atoms in total. The van der Waals surface area contributed by atoms with Crippen LogP contribution in [0.5, 0.6) is 0 Å². The average Bonchev–Trinajstić information content (AvgIpc) is 2.46. The molecule has 21 heavy (non-hydrogen) atoms. The summed E-state index contributed by atoms with van der Waals surface area (Å²) in [6.45, 7) is 0.796. The lowest BCUT2D eigenvalue weighted by molar-refractivity contribution is 0.0697.